The molecule has 1 aromatic rings. The van der Waals surface area contributed by atoms with Gasteiger partial charge < -0.3 is 19.7 Å². The van der Waals surface area contributed by atoms with Crippen LogP contribution in [0.15, 0.2) is 12.1 Å². The highest BCUT2D eigenvalue weighted by atomic mass is 16.5. The molecule has 1 amide bonds. The molecule has 0 bridgehead atoms. The smallest absolute Gasteiger partial charge is 0.222 e. The van der Waals surface area contributed by atoms with Crippen molar-refractivity contribution in [3.8, 4) is 11.5 Å². The molecule has 2 aliphatic rings. The number of benzene rings is 1. The summed E-state index contributed by atoms with van der Waals surface area (Å²) in [7, 11) is 1.71. The van der Waals surface area contributed by atoms with Crippen LogP contribution in [0.1, 0.15) is 37.8 Å². The molecule has 2 heterocycles. The molecule has 1 saturated heterocycles. The van der Waals surface area contributed by atoms with Gasteiger partial charge >= 0.3 is 0 Å². The van der Waals surface area contributed by atoms with Crippen LogP contribution in [-0.2, 0) is 17.8 Å². The minimum absolute atomic E-state index is 0.234. The highest BCUT2D eigenvalue weighted by molar-refractivity contribution is 5.78. The van der Waals surface area contributed by atoms with Gasteiger partial charge in [0.1, 0.15) is 17.6 Å². The number of methoxy groups -OCH3 is 1. The minimum Gasteiger partial charge on any atom is -0.496 e. The second-order valence-electron chi connectivity index (χ2n) is 6.63. The zero-order chi connectivity index (χ0) is 16.4. The Hall–Kier alpha value is -1.75. The molecule has 2 aliphatic heterocycles. The summed E-state index contributed by atoms with van der Waals surface area (Å²) in [6, 6.07) is 4.41. The van der Waals surface area contributed by atoms with Crippen molar-refractivity contribution >= 4 is 5.91 Å². The molecule has 23 heavy (non-hydrogen) atoms. The second-order valence-corrected chi connectivity index (χ2v) is 6.63. The first kappa shape index (κ1) is 16.1. The first-order valence-corrected chi connectivity index (χ1v) is 8.44. The third-order valence-corrected chi connectivity index (χ3v) is 4.61. The number of likely N-dealkylation sites (tertiary alicyclic amines) is 1. The maximum atomic E-state index is 11.7. The average Bonchev–Trinajstić information content (AvgIpc) is 3.08. The zero-order valence-electron chi connectivity index (χ0n) is 14.2. The van der Waals surface area contributed by atoms with Crippen LogP contribution in [0.4, 0.5) is 0 Å². The van der Waals surface area contributed by atoms with Gasteiger partial charge in [0.2, 0.25) is 5.91 Å². The van der Waals surface area contributed by atoms with Gasteiger partial charge in [0.05, 0.1) is 7.11 Å². The van der Waals surface area contributed by atoms with E-state index in [0.717, 1.165) is 43.0 Å². The number of fused-ring (bicyclic) bond motifs is 1. The van der Waals surface area contributed by atoms with Gasteiger partial charge in [-0.2, -0.15) is 0 Å². The molecule has 126 valence electrons. The van der Waals surface area contributed by atoms with Crippen molar-refractivity contribution in [3.63, 3.8) is 0 Å². The van der Waals surface area contributed by atoms with Crippen molar-refractivity contribution in [3.05, 3.63) is 23.3 Å². The first-order chi connectivity index (χ1) is 11.1. The molecule has 0 saturated carbocycles. The van der Waals surface area contributed by atoms with E-state index in [2.05, 4.69) is 31.3 Å². The fourth-order valence-electron chi connectivity index (χ4n) is 3.39. The summed E-state index contributed by atoms with van der Waals surface area (Å²) < 4.78 is 11.4. The lowest BCUT2D eigenvalue weighted by Crippen LogP contribution is -2.39. The number of amides is 1. The van der Waals surface area contributed by atoms with E-state index in [-0.39, 0.29) is 18.1 Å². The van der Waals surface area contributed by atoms with E-state index in [9.17, 15) is 4.79 Å². The first-order valence-electron chi connectivity index (χ1n) is 8.44. The summed E-state index contributed by atoms with van der Waals surface area (Å²) in [4.78, 5) is 13.7. The zero-order valence-corrected chi connectivity index (χ0v) is 14.2. The molecule has 1 aromatic carbocycles. The number of ether oxygens (including phenoxy) is 2. The third-order valence-electron chi connectivity index (χ3n) is 4.61. The van der Waals surface area contributed by atoms with Gasteiger partial charge in [-0.25, -0.2) is 0 Å². The summed E-state index contributed by atoms with van der Waals surface area (Å²) >= 11 is 0. The van der Waals surface area contributed by atoms with Crippen molar-refractivity contribution in [2.75, 3.05) is 20.2 Å². The Balaban J connectivity index is 1.61. The molecular formula is C18H26N2O3. The van der Waals surface area contributed by atoms with Gasteiger partial charge in [-0.3, -0.25) is 4.79 Å². The van der Waals surface area contributed by atoms with Gasteiger partial charge in [0, 0.05) is 49.6 Å². The summed E-state index contributed by atoms with van der Waals surface area (Å²) in [6.45, 7) is 6.55. The van der Waals surface area contributed by atoms with E-state index in [1.807, 2.05) is 4.90 Å². The Morgan fingerprint density at radius 2 is 2.30 bits per heavy atom. The Labute approximate surface area is 137 Å². The van der Waals surface area contributed by atoms with Crippen molar-refractivity contribution in [2.24, 2.45) is 0 Å². The lowest BCUT2D eigenvalue weighted by Gasteiger charge is -2.22. The molecular weight excluding hydrogens is 292 g/mol. The number of hydrogen-bond donors (Lipinski definition) is 1. The van der Waals surface area contributed by atoms with E-state index in [1.165, 1.54) is 5.56 Å². The normalized spacial score (nSPS) is 21.3. The van der Waals surface area contributed by atoms with Crippen molar-refractivity contribution in [1.29, 1.82) is 0 Å². The van der Waals surface area contributed by atoms with Crippen LogP contribution in [0.5, 0.6) is 11.5 Å². The summed E-state index contributed by atoms with van der Waals surface area (Å²) in [6.07, 6.45) is 2.85. The van der Waals surface area contributed by atoms with Gasteiger partial charge in [0.15, 0.2) is 0 Å². The molecule has 0 aromatic heterocycles. The maximum Gasteiger partial charge on any atom is 0.222 e. The second kappa shape index (κ2) is 6.79. The van der Waals surface area contributed by atoms with Gasteiger partial charge in [-0.1, -0.05) is 0 Å². The summed E-state index contributed by atoms with van der Waals surface area (Å²) in [5, 5.41) is 3.49. The molecule has 3 rings (SSSR count). The quantitative estimate of drug-likeness (QED) is 0.873. The minimum atomic E-state index is 0.234. The molecule has 0 aliphatic carbocycles. The van der Waals surface area contributed by atoms with Crippen LogP contribution in [-0.4, -0.2) is 43.2 Å². The van der Waals surface area contributed by atoms with Crippen LogP contribution < -0.4 is 14.8 Å². The van der Waals surface area contributed by atoms with Crippen LogP contribution in [0.25, 0.3) is 0 Å². The Morgan fingerprint density at radius 3 is 3.00 bits per heavy atom. The lowest BCUT2D eigenvalue weighted by atomic mass is 10.1. The number of hydrogen-bond acceptors (Lipinski definition) is 4. The third kappa shape index (κ3) is 3.61. The molecule has 0 spiro atoms. The van der Waals surface area contributed by atoms with E-state index >= 15 is 0 Å². The predicted octanol–water partition coefficient (Wildman–Crippen LogP) is 2.12. The monoisotopic (exact) mass is 318 g/mol. The van der Waals surface area contributed by atoms with Crippen LogP contribution in [0.2, 0.25) is 0 Å². The highest BCUT2D eigenvalue weighted by Crippen LogP contribution is 2.34. The average molecular weight is 318 g/mol. The Morgan fingerprint density at radius 1 is 1.48 bits per heavy atom. The largest absolute Gasteiger partial charge is 0.496 e. The number of carbonyl (C=O) groups is 1. The van der Waals surface area contributed by atoms with Crippen molar-refractivity contribution in [2.45, 2.75) is 51.8 Å². The van der Waals surface area contributed by atoms with Crippen LogP contribution in [0, 0.1) is 0 Å². The van der Waals surface area contributed by atoms with Gasteiger partial charge in [-0.15, -0.1) is 0 Å². The molecule has 2 atom stereocenters. The molecule has 0 unspecified atom stereocenters. The number of carbonyl (C=O) groups excluding carboxylic acids is 1. The Kier molecular flexibility index (Phi) is 4.76. The Bertz CT molecular complexity index is 588. The predicted molar refractivity (Wildman–Crippen MR) is 88.9 cm³/mol. The van der Waals surface area contributed by atoms with Gasteiger partial charge in [0.25, 0.3) is 0 Å². The van der Waals surface area contributed by atoms with Crippen LogP contribution >= 0.6 is 0 Å². The fraction of sp³-hybridized carbons (Fsp3) is 0.611. The fourth-order valence-corrected chi connectivity index (χ4v) is 3.39. The molecule has 0 radical (unpaired) electrons. The molecule has 1 N–H and O–H groups in total. The van der Waals surface area contributed by atoms with E-state index in [1.54, 1.807) is 7.11 Å². The van der Waals surface area contributed by atoms with Crippen molar-refractivity contribution in [1.82, 2.24) is 10.2 Å². The van der Waals surface area contributed by atoms with E-state index < -0.39 is 0 Å². The maximum absolute atomic E-state index is 11.7. The number of rotatable bonds is 6. The highest BCUT2D eigenvalue weighted by Gasteiger charge is 2.23. The topological polar surface area (TPSA) is 50.8 Å². The van der Waals surface area contributed by atoms with E-state index in [4.69, 9.17) is 9.47 Å². The van der Waals surface area contributed by atoms with Crippen molar-refractivity contribution < 1.29 is 14.3 Å². The molecule has 1 fully saturated rings. The number of nitrogens with zero attached hydrogens (tertiary/aromatic N) is 1. The lowest BCUT2D eigenvalue weighted by molar-refractivity contribution is -0.127. The molecule has 5 heteroatoms. The molecule has 5 nitrogen and oxygen atoms in total. The standard InChI is InChI=1S/C18H26N2O3/c1-12(11-20-6-4-5-18(20)21)19-10-15-9-17-14(7-13(2)23-17)8-16(15)22-3/h8-9,12-13,19H,4-7,10-11H2,1-3H3/t12-,13+/m1/s1. The summed E-state index contributed by atoms with van der Waals surface area (Å²) in [5.41, 5.74) is 2.31. The van der Waals surface area contributed by atoms with Crippen LogP contribution in [0.3, 0.4) is 0 Å². The SMILES string of the molecule is COc1cc2c(cc1CN[C@H](C)CN1CCCC1=O)O[C@@H](C)C2. The van der Waals surface area contributed by atoms with E-state index in [0.29, 0.717) is 13.0 Å². The summed E-state index contributed by atoms with van der Waals surface area (Å²) in [5.74, 6) is 2.15. The van der Waals surface area contributed by atoms with Gasteiger partial charge in [-0.05, 0) is 32.4 Å². The number of nitrogens with one attached hydrogen (secondary N) is 1.